The maximum Gasteiger partial charge on any atom is 0.371 e. The first-order valence-corrected chi connectivity index (χ1v) is 6.18. The van der Waals surface area contributed by atoms with E-state index in [1.165, 1.54) is 12.1 Å². The van der Waals surface area contributed by atoms with Crippen LogP contribution in [0.1, 0.15) is 45.2 Å². The normalized spacial score (nSPS) is 11.9. The van der Waals surface area contributed by atoms with Gasteiger partial charge in [0.15, 0.2) is 5.76 Å². The summed E-state index contributed by atoms with van der Waals surface area (Å²) < 4.78 is 4.96. The second-order valence-electron chi connectivity index (χ2n) is 4.52. The number of carboxylic acids is 1. The predicted molar refractivity (Wildman–Crippen MR) is 72.7 cm³/mol. The Hall–Kier alpha value is -2.56. The number of aryl methyl sites for hydroxylation is 1. The number of benzene rings is 1. The smallest absolute Gasteiger partial charge is 0.371 e. The van der Waals surface area contributed by atoms with Crippen molar-refractivity contribution in [2.45, 2.75) is 19.9 Å². The molecule has 0 fully saturated rings. The van der Waals surface area contributed by atoms with Crippen LogP contribution >= 0.6 is 0 Å². The molecule has 1 heterocycles. The first-order chi connectivity index (χ1) is 9.49. The van der Waals surface area contributed by atoms with E-state index < -0.39 is 11.9 Å². The topological polar surface area (TPSA) is 79.5 Å². The minimum absolute atomic E-state index is 0.0113. The summed E-state index contributed by atoms with van der Waals surface area (Å²) in [6, 6.07) is 10.2. The number of furan rings is 1. The molecule has 20 heavy (non-hydrogen) atoms. The number of nitrogens with one attached hydrogen (secondary N) is 1. The van der Waals surface area contributed by atoms with Crippen LogP contribution in [0.2, 0.25) is 0 Å². The van der Waals surface area contributed by atoms with Crippen molar-refractivity contribution in [3.8, 4) is 0 Å². The van der Waals surface area contributed by atoms with Gasteiger partial charge in [-0.2, -0.15) is 0 Å². The van der Waals surface area contributed by atoms with Gasteiger partial charge in [-0.05, 0) is 37.1 Å². The van der Waals surface area contributed by atoms with Crippen molar-refractivity contribution in [2.75, 3.05) is 0 Å². The maximum atomic E-state index is 12.0. The van der Waals surface area contributed by atoms with E-state index in [9.17, 15) is 9.59 Å². The quantitative estimate of drug-likeness (QED) is 0.897. The molecule has 0 aliphatic rings. The fourth-order valence-electron chi connectivity index (χ4n) is 1.99. The Labute approximate surface area is 116 Å². The lowest BCUT2D eigenvalue weighted by molar-refractivity contribution is 0.0659. The zero-order valence-corrected chi connectivity index (χ0v) is 11.2. The second kappa shape index (κ2) is 5.61. The van der Waals surface area contributed by atoms with E-state index in [0.29, 0.717) is 0 Å². The van der Waals surface area contributed by atoms with Crippen molar-refractivity contribution in [1.29, 1.82) is 0 Å². The van der Waals surface area contributed by atoms with Crippen molar-refractivity contribution in [3.63, 3.8) is 0 Å². The summed E-state index contributed by atoms with van der Waals surface area (Å²) in [7, 11) is 0. The first-order valence-electron chi connectivity index (χ1n) is 6.18. The average Bonchev–Trinajstić information content (AvgIpc) is 2.88. The Morgan fingerprint density at radius 1 is 1.15 bits per heavy atom. The molecule has 0 radical (unpaired) electrons. The Morgan fingerprint density at radius 3 is 2.40 bits per heavy atom. The van der Waals surface area contributed by atoms with E-state index in [1.807, 2.05) is 38.1 Å². The number of hydrogen-bond acceptors (Lipinski definition) is 3. The van der Waals surface area contributed by atoms with Crippen LogP contribution in [0.3, 0.4) is 0 Å². The highest BCUT2D eigenvalue weighted by molar-refractivity contribution is 5.93. The fraction of sp³-hybridized carbons (Fsp3) is 0.200. The van der Waals surface area contributed by atoms with Crippen LogP contribution in [0, 0.1) is 6.92 Å². The number of hydrogen-bond donors (Lipinski definition) is 2. The molecule has 1 aromatic carbocycles. The van der Waals surface area contributed by atoms with Crippen LogP contribution in [0.4, 0.5) is 0 Å². The summed E-state index contributed by atoms with van der Waals surface area (Å²) in [5.74, 6) is -1.90. The van der Waals surface area contributed by atoms with Crippen molar-refractivity contribution in [3.05, 3.63) is 59.0 Å². The Balaban J connectivity index is 2.11. The molecule has 1 aromatic heterocycles. The Kier molecular flexibility index (Phi) is 3.89. The third-order valence-electron chi connectivity index (χ3n) is 3.04. The fourth-order valence-corrected chi connectivity index (χ4v) is 1.99. The van der Waals surface area contributed by atoms with Crippen molar-refractivity contribution < 1.29 is 19.1 Å². The highest BCUT2D eigenvalue weighted by atomic mass is 16.4. The third-order valence-corrected chi connectivity index (χ3v) is 3.04. The van der Waals surface area contributed by atoms with Gasteiger partial charge in [-0.25, -0.2) is 4.79 Å². The summed E-state index contributed by atoms with van der Waals surface area (Å²) in [4.78, 5) is 22.7. The van der Waals surface area contributed by atoms with Gasteiger partial charge in [-0.3, -0.25) is 4.79 Å². The zero-order chi connectivity index (χ0) is 14.7. The minimum Gasteiger partial charge on any atom is -0.475 e. The molecule has 0 aliphatic carbocycles. The molecule has 5 nitrogen and oxygen atoms in total. The molecule has 5 heteroatoms. The van der Waals surface area contributed by atoms with Gasteiger partial charge in [0.2, 0.25) is 5.76 Å². The van der Waals surface area contributed by atoms with E-state index in [0.717, 1.165) is 11.1 Å². The molecule has 104 valence electrons. The molecular formula is C15H15NO4. The lowest BCUT2D eigenvalue weighted by Gasteiger charge is -2.15. The average molecular weight is 273 g/mol. The number of carbonyl (C=O) groups is 2. The summed E-state index contributed by atoms with van der Waals surface area (Å²) in [5, 5.41) is 11.5. The zero-order valence-electron chi connectivity index (χ0n) is 11.2. The molecule has 1 unspecified atom stereocenters. The molecule has 0 saturated heterocycles. The third kappa shape index (κ3) is 2.88. The summed E-state index contributed by atoms with van der Waals surface area (Å²) in [6.07, 6.45) is 0. The highest BCUT2D eigenvalue weighted by Crippen LogP contribution is 2.17. The molecule has 0 aliphatic heterocycles. The van der Waals surface area contributed by atoms with E-state index in [4.69, 9.17) is 9.52 Å². The summed E-state index contributed by atoms with van der Waals surface area (Å²) in [5.41, 5.74) is 2.08. The molecule has 0 spiro atoms. The van der Waals surface area contributed by atoms with Crippen molar-refractivity contribution >= 4 is 11.9 Å². The van der Waals surface area contributed by atoms with Crippen LogP contribution in [-0.4, -0.2) is 17.0 Å². The largest absolute Gasteiger partial charge is 0.475 e. The predicted octanol–water partition coefficient (Wildman–Crippen LogP) is 2.78. The van der Waals surface area contributed by atoms with Gasteiger partial charge < -0.3 is 14.8 Å². The number of carbonyl (C=O) groups excluding carboxylic acids is 1. The van der Waals surface area contributed by atoms with Crippen LogP contribution in [-0.2, 0) is 0 Å². The molecule has 0 bridgehead atoms. The second-order valence-corrected chi connectivity index (χ2v) is 4.52. The number of carboxylic acid groups (broad SMARTS) is 1. The van der Waals surface area contributed by atoms with Crippen LogP contribution in [0.15, 0.2) is 40.8 Å². The molecule has 1 atom stereocenters. The van der Waals surface area contributed by atoms with Crippen molar-refractivity contribution in [2.24, 2.45) is 0 Å². The van der Waals surface area contributed by atoms with Gasteiger partial charge in [0.25, 0.3) is 5.91 Å². The van der Waals surface area contributed by atoms with Crippen LogP contribution in [0.5, 0.6) is 0 Å². The number of rotatable bonds is 4. The molecule has 2 rings (SSSR count). The standard InChI is InChI=1S/C15H15NO4/c1-9-5-3-4-6-11(9)10(2)16-14(17)12-7-8-13(20-12)15(18)19/h3-8,10H,1-2H3,(H,16,17)(H,18,19). The molecule has 2 N–H and O–H groups in total. The van der Waals surface area contributed by atoms with Crippen LogP contribution < -0.4 is 5.32 Å². The highest BCUT2D eigenvalue weighted by Gasteiger charge is 2.17. The van der Waals surface area contributed by atoms with E-state index in [2.05, 4.69) is 5.32 Å². The van der Waals surface area contributed by atoms with Gasteiger partial charge in [-0.15, -0.1) is 0 Å². The molecular weight excluding hydrogens is 258 g/mol. The Morgan fingerprint density at radius 2 is 1.80 bits per heavy atom. The van der Waals surface area contributed by atoms with E-state index in [1.54, 1.807) is 0 Å². The molecule has 1 amide bonds. The lowest BCUT2D eigenvalue weighted by atomic mass is 10.0. The van der Waals surface area contributed by atoms with Gasteiger partial charge in [0.05, 0.1) is 6.04 Å². The Bertz CT molecular complexity index is 645. The number of aromatic carboxylic acids is 1. The van der Waals surface area contributed by atoms with Gasteiger partial charge in [0.1, 0.15) is 0 Å². The molecule has 0 saturated carbocycles. The van der Waals surface area contributed by atoms with Gasteiger partial charge in [0, 0.05) is 0 Å². The monoisotopic (exact) mass is 273 g/mol. The summed E-state index contributed by atoms with van der Waals surface area (Å²) >= 11 is 0. The molecule has 2 aromatic rings. The van der Waals surface area contributed by atoms with E-state index in [-0.39, 0.29) is 17.6 Å². The number of amides is 1. The SMILES string of the molecule is Cc1ccccc1C(C)NC(=O)c1ccc(C(=O)O)o1. The van der Waals surface area contributed by atoms with Crippen molar-refractivity contribution in [1.82, 2.24) is 5.32 Å². The maximum absolute atomic E-state index is 12.0. The van der Waals surface area contributed by atoms with Crippen LogP contribution in [0.25, 0.3) is 0 Å². The van der Waals surface area contributed by atoms with Gasteiger partial charge >= 0.3 is 5.97 Å². The lowest BCUT2D eigenvalue weighted by Crippen LogP contribution is -2.26. The summed E-state index contributed by atoms with van der Waals surface area (Å²) in [6.45, 7) is 3.83. The first kappa shape index (κ1) is 13.9. The van der Waals surface area contributed by atoms with E-state index >= 15 is 0 Å². The minimum atomic E-state index is -1.20. The van der Waals surface area contributed by atoms with Gasteiger partial charge in [-0.1, -0.05) is 24.3 Å².